The highest BCUT2D eigenvalue weighted by Crippen LogP contribution is 2.29. The van der Waals surface area contributed by atoms with Gasteiger partial charge < -0.3 is 19.5 Å². The van der Waals surface area contributed by atoms with Crippen molar-refractivity contribution in [2.45, 2.75) is 31.2 Å². The first-order valence-electron chi connectivity index (χ1n) is 10.4. The summed E-state index contributed by atoms with van der Waals surface area (Å²) >= 11 is 0. The van der Waals surface area contributed by atoms with E-state index in [1.165, 1.54) is 4.31 Å². The van der Waals surface area contributed by atoms with Crippen LogP contribution in [0.25, 0.3) is 0 Å². The van der Waals surface area contributed by atoms with Gasteiger partial charge in [-0.2, -0.15) is 4.31 Å². The smallest absolute Gasteiger partial charge is 0.243 e. The predicted octanol–water partition coefficient (Wildman–Crippen LogP) is 2.74. The van der Waals surface area contributed by atoms with Gasteiger partial charge in [-0.25, -0.2) is 8.42 Å². The minimum Gasteiger partial charge on any atom is -0.496 e. The third-order valence-corrected chi connectivity index (χ3v) is 7.64. The Kier molecular flexibility index (Phi) is 7.63. The zero-order valence-corrected chi connectivity index (χ0v) is 19.7. The van der Waals surface area contributed by atoms with E-state index in [1.54, 1.807) is 45.6 Å². The molecule has 174 valence electrons. The number of nitrogens with zero attached hydrogens (tertiary/aromatic N) is 1. The minimum absolute atomic E-state index is 0.0721. The molecule has 1 heterocycles. The van der Waals surface area contributed by atoms with Crippen LogP contribution >= 0.6 is 0 Å². The number of sulfonamides is 1. The molecule has 0 radical (unpaired) electrons. The predicted molar refractivity (Wildman–Crippen MR) is 121 cm³/mol. The molecule has 1 aliphatic heterocycles. The van der Waals surface area contributed by atoms with Gasteiger partial charge in [0.15, 0.2) is 11.5 Å². The van der Waals surface area contributed by atoms with E-state index in [1.807, 2.05) is 19.1 Å². The molecule has 2 aromatic carbocycles. The van der Waals surface area contributed by atoms with Gasteiger partial charge in [-0.1, -0.05) is 6.07 Å². The Hall–Kier alpha value is -2.78. The molecule has 0 bridgehead atoms. The Morgan fingerprint density at radius 1 is 0.969 bits per heavy atom. The van der Waals surface area contributed by atoms with Gasteiger partial charge in [0.25, 0.3) is 0 Å². The summed E-state index contributed by atoms with van der Waals surface area (Å²) in [6, 6.07) is 10.3. The van der Waals surface area contributed by atoms with Crippen LogP contribution in [0, 0.1) is 12.8 Å². The van der Waals surface area contributed by atoms with Gasteiger partial charge in [-0.05, 0) is 61.2 Å². The Morgan fingerprint density at radius 2 is 1.59 bits per heavy atom. The number of piperidine rings is 1. The van der Waals surface area contributed by atoms with Gasteiger partial charge in [0.05, 0.1) is 26.2 Å². The lowest BCUT2D eigenvalue weighted by molar-refractivity contribution is -0.126. The number of hydrogen-bond donors (Lipinski definition) is 1. The number of carbonyl (C=O) groups excluding carboxylic acids is 1. The third-order valence-electron chi connectivity index (χ3n) is 5.74. The van der Waals surface area contributed by atoms with Crippen LogP contribution in [0.3, 0.4) is 0 Å². The molecule has 0 saturated carbocycles. The number of amides is 1. The number of carbonyl (C=O) groups is 1. The van der Waals surface area contributed by atoms with Crippen molar-refractivity contribution in [1.82, 2.24) is 9.62 Å². The highest BCUT2D eigenvalue weighted by molar-refractivity contribution is 7.89. The molecule has 8 nitrogen and oxygen atoms in total. The molecule has 0 atom stereocenters. The lowest BCUT2D eigenvalue weighted by Crippen LogP contribution is -2.42. The molecule has 32 heavy (non-hydrogen) atoms. The topological polar surface area (TPSA) is 94.2 Å². The fourth-order valence-electron chi connectivity index (χ4n) is 3.84. The van der Waals surface area contributed by atoms with Crippen molar-refractivity contribution in [3.05, 3.63) is 47.5 Å². The van der Waals surface area contributed by atoms with Crippen LogP contribution < -0.4 is 19.5 Å². The molecule has 0 unspecified atom stereocenters. The zero-order valence-electron chi connectivity index (χ0n) is 18.9. The van der Waals surface area contributed by atoms with E-state index in [0.717, 1.165) is 11.1 Å². The van der Waals surface area contributed by atoms with Crippen LogP contribution in [-0.2, 0) is 21.4 Å². The van der Waals surface area contributed by atoms with E-state index in [0.29, 0.717) is 49.7 Å². The van der Waals surface area contributed by atoms with Gasteiger partial charge in [-0.3, -0.25) is 4.79 Å². The van der Waals surface area contributed by atoms with Crippen molar-refractivity contribution in [3.8, 4) is 17.2 Å². The first-order chi connectivity index (χ1) is 15.3. The van der Waals surface area contributed by atoms with Crippen molar-refractivity contribution in [2.24, 2.45) is 5.92 Å². The summed E-state index contributed by atoms with van der Waals surface area (Å²) in [6.45, 7) is 2.79. The molecule has 1 aliphatic rings. The summed E-state index contributed by atoms with van der Waals surface area (Å²) in [6.07, 6.45) is 0.957. The van der Waals surface area contributed by atoms with E-state index in [4.69, 9.17) is 14.2 Å². The van der Waals surface area contributed by atoms with Crippen molar-refractivity contribution in [3.63, 3.8) is 0 Å². The van der Waals surface area contributed by atoms with E-state index in [-0.39, 0.29) is 16.7 Å². The molecule has 3 rings (SSSR count). The molecule has 1 fully saturated rings. The lowest BCUT2D eigenvalue weighted by atomic mass is 9.97. The molecule has 1 N–H and O–H groups in total. The average Bonchev–Trinajstić information content (AvgIpc) is 2.82. The molecule has 2 aromatic rings. The second-order valence-corrected chi connectivity index (χ2v) is 9.65. The first kappa shape index (κ1) is 23.9. The molecule has 1 amide bonds. The summed E-state index contributed by atoms with van der Waals surface area (Å²) in [5.41, 5.74) is 1.66. The number of nitrogens with one attached hydrogen (secondary N) is 1. The Bertz CT molecular complexity index is 1060. The molecule has 0 aromatic heterocycles. The second-order valence-electron chi connectivity index (χ2n) is 7.72. The van der Waals surface area contributed by atoms with Crippen molar-refractivity contribution in [1.29, 1.82) is 0 Å². The number of ether oxygens (including phenoxy) is 3. The van der Waals surface area contributed by atoms with Crippen molar-refractivity contribution in [2.75, 3.05) is 34.4 Å². The second kappa shape index (κ2) is 10.2. The molecule has 1 saturated heterocycles. The molecule has 9 heteroatoms. The highest BCUT2D eigenvalue weighted by Gasteiger charge is 2.32. The van der Waals surface area contributed by atoms with Gasteiger partial charge in [0.2, 0.25) is 15.9 Å². The summed E-state index contributed by atoms with van der Waals surface area (Å²) in [5, 5.41) is 2.95. The molecule has 0 aliphatic carbocycles. The quantitative estimate of drug-likeness (QED) is 0.648. The standard InChI is InChI=1S/C23H30N2O6S/c1-16-13-19(6-8-20(16)29-2)32(27,28)25-11-9-18(10-12-25)23(26)24-15-17-5-7-21(30-3)22(14-17)31-4/h5-8,13-14,18H,9-12,15H2,1-4H3,(H,24,26). The molecule has 0 spiro atoms. The Labute approximate surface area is 189 Å². The van der Waals surface area contributed by atoms with Crippen LogP contribution in [0.15, 0.2) is 41.3 Å². The van der Waals surface area contributed by atoms with Crippen molar-refractivity contribution >= 4 is 15.9 Å². The Morgan fingerprint density at radius 3 is 2.19 bits per heavy atom. The maximum Gasteiger partial charge on any atom is 0.243 e. The van der Waals surface area contributed by atoms with E-state index in [9.17, 15) is 13.2 Å². The van der Waals surface area contributed by atoms with Gasteiger partial charge in [0, 0.05) is 25.6 Å². The average molecular weight is 463 g/mol. The Balaban J connectivity index is 1.57. The third kappa shape index (κ3) is 5.16. The minimum atomic E-state index is -3.61. The number of methoxy groups -OCH3 is 3. The van der Waals surface area contributed by atoms with E-state index < -0.39 is 10.0 Å². The summed E-state index contributed by atoms with van der Waals surface area (Å²) in [7, 11) is 1.08. The number of aryl methyl sites for hydroxylation is 1. The zero-order chi connectivity index (χ0) is 23.3. The largest absolute Gasteiger partial charge is 0.496 e. The fourth-order valence-corrected chi connectivity index (χ4v) is 5.40. The molecular formula is C23H30N2O6S. The highest BCUT2D eigenvalue weighted by atomic mass is 32.2. The van der Waals surface area contributed by atoms with Gasteiger partial charge in [-0.15, -0.1) is 0 Å². The van der Waals surface area contributed by atoms with Crippen LogP contribution in [0.4, 0.5) is 0 Å². The maximum atomic E-state index is 13.0. The van der Waals surface area contributed by atoms with Crippen LogP contribution in [0.5, 0.6) is 17.2 Å². The summed E-state index contributed by atoms with van der Waals surface area (Å²) < 4.78 is 43.2. The SMILES string of the molecule is COc1ccc(S(=O)(=O)N2CCC(C(=O)NCc3ccc(OC)c(OC)c3)CC2)cc1C. The van der Waals surface area contributed by atoms with E-state index in [2.05, 4.69) is 5.32 Å². The molecular weight excluding hydrogens is 432 g/mol. The van der Waals surface area contributed by atoms with E-state index >= 15 is 0 Å². The number of benzene rings is 2. The summed E-state index contributed by atoms with van der Waals surface area (Å²) in [5.74, 6) is 1.58. The maximum absolute atomic E-state index is 13.0. The number of hydrogen-bond acceptors (Lipinski definition) is 6. The lowest BCUT2D eigenvalue weighted by Gasteiger charge is -2.30. The van der Waals surface area contributed by atoms with Crippen LogP contribution in [-0.4, -0.2) is 53.0 Å². The summed E-state index contributed by atoms with van der Waals surface area (Å²) in [4.78, 5) is 12.9. The van der Waals surface area contributed by atoms with Crippen molar-refractivity contribution < 1.29 is 27.4 Å². The van der Waals surface area contributed by atoms with Crippen LogP contribution in [0.2, 0.25) is 0 Å². The number of rotatable bonds is 8. The fraction of sp³-hybridized carbons (Fsp3) is 0.435. The normalized spacial score (nSPS) is 15.2. The van der Waals surface area contributed by atoms with Gasteiger partial charge >= 0.3 is 0 Å². The first-order valence-corrected chi connectivity index (χ1v) is 11.9. The van der Waals surface area contributed by atoms with Crippen LogP contribution in [0.1, 0.15) is 24.0 Å². The van der Waals surface area contributed by atoms with Gasteiger partial charge in [0.1, 0.15) is 5.75 Å². The monoisotopic (exact) mass is 462 g/mol.